The van der Waals surface area contributed by atoms with Crippen LogP contribution in [0, 0.1) is 11.8 Å². The quantitative estimate of drug-likeness (QED) is 0.716. The van der Waals surface area contributed by atoms with E-state index < -0.39 is 0 Å². The van der Waals surface area contributed by atoms with Crippen LogP contribution >= 0.6 is 0 Å². The van der Waals surface area contributed by atoms with Crippen LogP contribution in [0.15, 0.2) is 36.0 Å². The summed E-state index contributed by atoms with van der Waals surface area (Å²) in [6.07, 6.45) is 7.18. The molecular weight excluding hydrogens is 202 g/mol. The predicted octanol–water partition coefficient (Wildman–Crippen LogP) is 1.73. The molecule has 1 heterocycles. The molecule has 2 atom stereocenters. The van der Waals surface area contributed by atoms with Crippen molar-refractivity contribution in [1.82, 2.24) is 5.32 Å². The van der Waals surface area contributed by atoms with Crippen molar-refractivity contribution >= 4 is 11.8 Å². The molecule has 0 radical (unpaired) electrons. The third-order valence-electron chi connectivity index (χ3n) is 3.29. The number of fused-ring (bicyclic) bond motifs is 1. The van der Waals surface area contributed by atoms with Crippen LogP contribution in [0.3, 0.4) is 0 Å². The zero-order chi connectivity index (χ0) is 11.7. The first-order valence-electron chi connectivity index (χ1n) is 5.52. The molecule has 84 valence electrons. The van der Waals surface area contributed by atoms with Crippen LogP contribution in [-0.4, -0.2) is 11.8 Å². The molecule has 1 aliphatic heterocycles. The van der Waals surface area contributed by atoms with Crippen molar-refractivity contribution in [2.75, 3.05) is 0 Å². The maximum atomic E-state index is 11.7. The van der Waals surface area contributed by atoms with E-state index in [-0.39, 0.29) is 23.7 Å². The van der Waals surface area contributed by atoms with Gasteiger partial charge in [-0.15, -0.1) is 0 Å². The lowest BCUT2D eigenvalue weighted by molar-refractivity contribution is -0.126. The standard InChI is InChI=1S/C13H15NO2/c1-3-5-9-8(4-2)6-7-10-11(9)13(16)14-12(10)15/h3-5,10-11H,2,6-7H2,1H3,(H,14,15,16)/b5-3-. The summed E-state index contributed by atoms with van der Waals surface area (Å²) < 4.78 is 0. The Labute approximate surface area is 94.9 Å². The molecule has 3 nitrogen and oxygen atoms in total. The lowest BCUT2D eigenvalue weighted by Gasteiger charge is -2.24. The number of carbonyl (C=O) groups is 2. The summed E-state index contributed by atoms with van der Waals surface area (Å²) in [6.45, 7) is 5.68. The molecule has 0 bridgehead atoms. The van der Waals surface area contributed by atoms with Crippen LogP contribution in [0.1, 0.15) is 19.8 Å². The van der Waals surface area contributed by atoms with Crippen molar-refractivity contribution in [1.29, 1.82) is 0 Å². The topological polar surface area (TPSA) is 46.2 Å². The Bertz CT molecular complexity index is 418. The fourth-order valence-corrected chi connectivity index (χ4v) is 2.55. The van der Waals surface area contributed by atoms with Crippen molar-refractivity contribution in [2.45, 2.75) is 19.8 Å². The van der Waals surface area contributed by atoms with Gasteiger partial charge < -0.3 is 0 Å². The molecule has 2 rings (SSSR count). The van der Waals surface area contributed by atoms with Gasteiger partial charge in [0.1, 0.15) is 0 Å². The fraction of sp³-hybridized carbons (Fsp3) is 0.385. The summed E-state index contributed by atoms with van der Waals surface area (Å²) in [6, 6.07) is 0. The highest BCUT2D eigenvalue weighted by molar-refractivity contribution is 6.07. The summed E-state index contributed by atoms with van der Waals surface area (Å²) in [5, 5.41) is 2.41. The second-order valence-corrected chi connectivity index (χ2v) is 4.16. The van der Waals surface area contributed by atoms with Gasteiger partial charge >= 0.3 is 0 Å². The van der Waals surface area contributed by atoms with Gasteiger partial charge in [0.2, 0.25) is 11.8 Å². The summed E-state index contributed by atoms with van der Waals surface area (Å²) >= 11 is 0. The minimum Gasteiger partial charge on any atom is -0.296 e. The first-order chi connectivity index (χ1) is 7.69. The third-order valence-corrected chi connectivity index (χ3v) is 3.29. The Kier molecular flexibility index (Phi) is 2.77. The minimum atomic E-state index is -0.301. The van der Waals surface area contributed by atoms with Gasteiger partial charge in [-0.2, -0.15) is 0 Å². The van der Waals surface area contributed by atoms with Crippen LogP contribution in [0.25, 0.3) is 0 Å². The van der Waals surface area contributed by atoms with Gasteiger partial charge in [0.25, 0.3) is 0 Å². The van der Waals surface area contributed by atoms with Gasteiger partial charge in [-0.1, -0.05) is 24.8 Å². The molecular formula is C13H15NO2. The van der Waals surface area contributed by atoms with Crippen LogP contribution in [0.4, 0.5) is 0 Å². The van der Waals surface area contributed by atoms with Crippen LogP contribution < -0.4 is 5.32 Å². The molecule has 2 unspecified atom stereocenters. The maximum Gasteiger partial charge on any atom is 0.234 e. The van der Waals surface area contributed by atoms with E-state index in [1.54, 1.807) is 6.08 Å². The molecule has 0 aromatic heterocycles. The molecule has 1 aliphatic carbocycles. The normalized spacial score (nSPS) is 29.6. The largest absolute Gasteiger partial charge is 0.296 e. The van der Waals surface area contributed by atoms with Crippen molar-refractivity contribution in [3.8, 4) is 0 Å². The number of hydrogen-bond donors (Lipinski definition) is 1. The highest BCUT2D eigenvalue weighted by atomic mass is 16.2. The average molecular weight is 217 g/mol. The summed E-state index contributed by atoms with van der Waals surface area (Å²) in [7, 11) is 0. The van der Waals surface area contributed by atoms with Crippen molar-refractivity contribution in [2.24, 2.45) is 11.8 Å². The molecule has 1 saturated heterocycles. The number of nitrogens with one attached hydrogen (secondary N) is 1. The Hall–Kier alpha value is -1.64. The number of imide groups is 1. The van der Waals surface area contributed by atoms with E-state index in [1.807, 2.05) is 19.1 Å². The average Bonchev–Trinajstić information content (AvgIpc) is 2.56. The van der Waals surface area contributed by atoms with Crippen LogP contribution in [0.2, 0.25) is 0 Å². The number of amides is 2. The van der Waals surface area contributed by atoms with Crippen molar-refractivity contribution in [3.63, 3.8) is 0 Å². The second kappa shape index (κ2) is 4.08. The molecule has 1 N–H and O–H groups in total. The number of allylic oxidation sites excluding steroid dienone is 4. The van der Waals surface area contributed by atoms with Crippen LogP contribution in [-0.2, 0) is 9.59 Å². The molecule has 3 heteroatoms. The molecule has 2 amide bonds. The lowest BCUT2D eigenvalue weighted by Crippen LogP contribution is -2.24. The Morgan fingerprint density at radius 3 is 2.75 bits per heavy atom. The monoisotopic (exact) mass is 217 g/mol. The predicted molar refractivity (Wildman–Crippen MR) is 61.4 cm³/mol. The van der Waals surface area contributed by atoms with E-state index in [1.165, 1.54) is 0 Å². The molecule has 0 saturated carbocycles. The summed E-state index contributed by atoms with van der Waals surface area (Å²) in [5.74, 6) is -0.768. The molecule has 0 spiro atoms. The summed E-state index contributed by atoms with van der Waals surface area (Å²) in [5.41, 5.74) is 2.04. The highest BCUT2D eigenvalue weighted by Gasteiger charge is 2.45. The molecule has 1 fully saturated rings. The number of rotatable bonds is 2. The maximum absolute atomic E-state index is 11.7. The van der Waals surface area contributed by atoms with Gasteiger partial charge in [0.15, 0.2) is 0 Å². The van der Waals surface area contributed by atoms with Crippen molar-refractivity contribution in [3.05, 3.63) is 36.0 Å². The zero-order valence-corrected chi connectivity index (χ0v) is 9.32. The number of carbonyl (C=O) groups excluding carboxylic acids is 2. The number of hydrogen-bond acceptors (Lipinski definition) is 2. The zero-order valence-electron chi connectivity index (χ0n) is 9.32. The lowest BCUT2D eigenvalue weighted by atomic mass is 9.76. The second-order valence-electron chi connectivity index (χ2n) is 4.16. The Morgan fingerprint density at radius 2 is 2.12 bits per heavy atom. The SMILES string of the molecule is C=CC1=C(/C=C\C)C2C(=O)NC(=O)C2CC1. The molecule has 0 aromatic carbocycles. The van der Waals surface area contributed by atoms with E-state index in [4.69, 9.17) is 0 Å². The van der Waals surface area contributed by atoms with Gasteiger partial charge in [-0.05, 0) is 30.9 Å². The molecule has 0 aromatic rings. The van der Waals surface area contributed by atoms with Crippen LogP contribution in [0.5, 0.6) is 0 Å². The van der Waals surface area contributed by atoms with Gasteiger partial charge in [-0.25, -0.2) is 0 Å². The highest BCUT2D eigenvalue weighted by Crippen LogP contribution is 2.39. The van der Waals surface area contributed by atoms with Crippen molar-refractivity contribution < 1.29 is 9.59 Å². The first-order valence-corrected chi connectivity index (χ1v) is 5.52. The smallest absolute Gasteiger partial charge is 0.234 e. The fourth-order valence-electron chi connectivity index (χ4n) is 2.55. The minimum absolute atomic E-state index is 0.125. The van der Waals surface area contributed by atoms with E-state index in [0.29, 0.717) is 0 Å². The van der Waals surface area contributed by atoms with E-state index in [9.17, 15) is 9.59 Å². The Morgan fingerprint density at radius 1 is 1.38 bits per heavy atom. The van der Waals surface area contributed by atoms with E-state index >= 15 is 0 Å². The first kappa shape index (κ1) is 10.9. The van der Waals surface area contributed by atoms with Gasteiger partial charge in [0, 0.05) is 0 Å². The van der Waals surface area contributed by atoms with Gasteiger partial charge in [-0.3, -0.25) is 14.9 Å². The van der Waals surface area contributed by atoms with Gasteiger partial charge in [0.05, 0.1) is 11.8 Å². The molecule has 16 heavy (non-hydrogen) atoms. The Balaban J connectivity index is 2.47. The van der Waals surface area contributed by atoms with E-state index in [2.05, 4.69) is 11.9 Å². The third kappa shape index (κ3) is 1.52. The molecule has 2 aliphatic rings. The van der Waals surface area contributed by atoms with E-state index in [0.717, 1.165) is 24.0 Å². The summed E-state index contributed by atoms with van der Waals surface area (Å²) in [4.78, 5) is 23.3.